The van der Waals surface area contributed by atoms with Gasteiger partial charge in [0.25, 0.3) is 0 Å². The van der Waals surface area contributed by atoms with E-state index in [1.807, 2.05) is 0 Å². The van der Waals surface area contributed by atoms with Crippen molar-refractivity contribution in [3.63, 3.8) is 0 Å². The van der Waals surface area contributed by atoms with Crippen LogP contribution >= 0.6 is 19.0 Å². The molecule has 0 saturated heterocycles. The fourth-order valence-electron chi connectivity index (χ4n) is 0.170. The third-order valence-corrected chi connectivity index (χ3v) is 1.40. The van der Waals surface area contributed by atoms with E-state index in [9.17, 15) is 0 Å². The van der Waals surface area contributed by atoms with Crippen LogP contribution in [0.25, 0.3) is 0 Å². The molecule has 0 bridgehead atoms. The standard InChI is InChI=1S/C2H2ClO2P/c3-6-4-1-2-5-6/h1-2H. The fourth-order valence-corrected chi connectivity index (χ4v) is 0.787. The SMILES string of the molecule is ClP1OC=CO1. The van der Waals surface area contributed by atoms with Gasteiger partial charge in [0.2, 0.25) is 0 Å². The lowest BCUT2D eigenvalue weighted by atomic mass is 11.1. The van der Waals surface area contributed by atoms with Gasteiger partial charge in [0.15, 0.2) is 0 Å². The van der Waals surface area contributed by atoms with Crippen LogP contribution in [0.3, 0.4) is 0 Å². The van der Waals surface area contributed by atoms with Crippen LogP contribution in [0.4, 0.5) is 0 Å². The van der Waals surface area contributed by atoms with Crippen LogP contribution in [0.5, 0.6) is 0 Å². The van der Waals surface area contributed by atoms with Gasteiger partial charge >= 0.3 is 7.73 Å². The van der Waals surface area contributed by atoms with Crippen molar-refractivity contribution in [3.05, 3.63) is 12.5 Å². The van der Waals surface area contributed by atoms with Crippen LogP contribution in [-0.4, -0.2) is 0 Å². The summed E-state index contributed by atoms with van der Waals surface area (Å²) in [6, 6.07) is 0. The predicted molar refractivity (Wildman–Crippen MR) is 24.1 cm³/mol. The maximum Gasteiger partial charge on any atom is 0.400 e. The van der Waals surface area contributed by atoms with Crippen molar-refractivity contribution >= 4 is 19.0 Å². The van der Waals surface area contributed by atoms with Crippen LogP contribution in [-0.2, 0) is 9.05 Å². The molecule has 6 heavy (non-hydrogen) atoms. The van der Waals surface area contributed by atoms with Gasteiger partial charge in [0.1, 0.15) is 12.5 Å². The van der Waals surface area contributed by atoms with Crippen molar-refractivity contribution in [1.29, 1.82) is 0 Å². The smallest absolute Gasteiger partial charge is 0.400 e. The molecule has 0 unspecified atom stereocenters. The van der Waals surface area contributed by atoms with Crippen molar-refractivity contribution in [3.8, 4) is 0 Å². The van der Waals surface area contributed by atoms with Gasteiger partial charge in [-0.3, -0.25) is 0 Å². The van der Waals surface area contributed by atoms with E-state index in [-0.39, 0.29) is 0 Å². The highest BCUT2D eigenvalue weighted by Gasteiger charge is 2.07. The van der Waals surface area contributed by atoms with E-state index >= 15 is 0 Å². The Labute approximate surface area is 41.4 Å². The number of hydrogen-bond acceptors (Lipinski definition) is 2. The van der Waals surface area contributed by atoms with Gasteiger partial charge in [-0.1, -0.05) is 0 Å². The van der Waals surface area contributed by atoms with Crippen molar-refractivity contribution < 1.29 is 9.05 Å². The van der Waals surface area contributed by atoms with E-state index in [4.69, 9.17) is 11.2 Å². The van der Waals surface area contributed by atoms with Crippen LogP contribution in [0.1, 0.15) is 0 Å². The molecule has 0 fully saturated rings. The Morgan fingerprint density at radius 3 is 2.00 bits per heavy atom. The zero-order valence-electron chi connectivity index (χ0n) is 2.80. The molecule has 0 aromatic heterocycles. The van der Waals surface area contributed by atoms with Gasteiger partial charge in [-0.2, -0.15) is 0 Å². The summed E-state index contributed by atoms with van der Waals surface area (Å²) in [6.07, 6.45) is 2.86. The fraction of sp³-hybridized carbons (Fsp3) is 0. The Kier molecular flexibility index (Phi) is 1.18. The number of rotatable bonds is 0. The van der Waals surface area contributed by atoms with Gasteiger partial charge in [-0.05, 0) is 11.2 Å². The van der Waals surface area contributed by atoms with Crippen LogP contribution in [0.2, 0.25) is 0 Å². The second-order valence-electron chi connectivity index (χ2n) is 0.696. The molecule has 0 N–H and O–H groups in total. The normalized spacial score (nSPS) is 20.2. The van der Waals surface area contributed by atoms with E-state index in [2.05, 4.69) is 9.05 Å². The Morgan fingerprint density at radius 2 is 1.83 bits per heavy atom. The molecule has 1 rings (SSSR count). The van der Waals surface area contributed by atoms with E-state index < -0.39 is 7.73 Å². The Balaban J connectivity index is 2.32. The highest BCUT2D eigenvalue weighted by atomic mass is 35.7. The molecule has 0 aliphatic carbocycles. The first-order valence-electron chi connectivity index (χ1n) is 1.34. The third-order valence-electron chi connectivity index (χ3n) is 0.343. The maximum atomic E-state index is 5.27. The lowest BCUT2D eigenvalue weighted by Gasteiger charge is -1.91. The molecule has 0 saturated carbocycles. The summed E-state index contributed by atoms with van der Waals surface area (Å²) in [7, 11) is -1.10. The predicted octanol–water partition coefficient (Wildman–Crippen LogP) is 1.97. The Morgan fingerprint density at radius 1 is 1.33 bits per heavy atom. The minimum Gasteiger partial charge on any atom is -0.432 e. The highest BCUT2D eigenvalue weighted by Crippen LogP contribution is 2.47. The molecule has 1 heterocycles. The van der Waals surface area contributed by atoms with E-state index in [0.29, 0.717) is 0 Å². The molecule has 1 aliphatic heterocycles. The highest BCUT2D eigenvalue weighted by molar-refractivity contribution is 7.76. The third kappa shape index (κ3) is 0.763. The van der Waals surface area contributed by atoms with Gasteiger partial charge < -0.3 is 9.05 Å². The Bertz CT molecular complexity index is 65.9. The van der Waals surface area contributed by atoms with E-state index in [1.54, 1.807) is 0 Å². The summed E-state index contributed by atoms with van der Waals surface area (Å²) in [5.41, 5.74) is 0. The second kappa shape index (κ2) is 1.67. The first-order chi connectivity index (χ1) is 2.89. The first kappa shape index (κ1) is 4.23. The number of halogens is 1. The summed E-state index contributed by atoms with van der Waals surface area (Å²) in [5, 5.41) is 0. The average molecular weight is 124 g/mol. The minimum atomic E-state index is -1.10. The number of hydrogen-bond donors (Lipinski definition) is 0. The molecule has 34 valence electrons. The van der Waals surface area contributed by atoms with Gasteiger partial charge in [0, 0.05) is 0 Å². The molecule has 0 aromatic rings. The molecular weight excluding hydrogens is 122 g/mol. The van der Waals surface area contributed by atoms with Gasteiger partial charge in [-0.15, -0.1) is 0 Å². The summed E-state index contributed by atoms with van der Waals surface area (Å²) in [6.45, 7) is 0. The summed E-state index contributed by atoms with van der Waals surface area (Å²) < 4.78 is 9.16. The van der Waals surface area contributed by atoms with Crippen molar-refractivity contribution in [2.45, 2.75) is 0 Å². The van der Waals surface area contributed by atoms with Crippen LogP contribution < -0.4 is 0 Å². The summed E-state index contributed by atoms with van der Waals surface area (Å²) >= 11 is 5.27. The molecule has 0 aromatic carbocycles. The monoisotopic (exact) mass is 124 g/mol. The minimum absolute atomic E-state index is 1.10. The van der Waals surface area contributed by atoms with E-state index in [1.165, 1.54) is 12.5 Å². The van der Waals surface area contributed by atoms with Crippen LogP contribution in [0.15, 0.2) is 12.5 Å². The molecule has 0 amide bonds. The largest absolute Gasteiger partial charge is 0.432 e. The lowest BCUT2D eigenvalue weighted by molar-refractivity contribution is 0.496. The topological polar surface area (TPSA) is 18.5 Å². The van der Waals surface area contributed by atoms with Crippen molar-refractivity contribution in [1.82, 2.24) is 0 Å². The first-order valence-corrected chi connectivity index (χ1v) is 3.42. The molecule has 0 radical (unpaired) electrons. The molecule has 1 aliphatic rings. The second-order valence-corrected chi connectivity index (χ2v) is 2.37. The summed E-state index contributed by atoms with van der Waals surface area (Å²) in [4.78, 5) is 0. The molecule has 2 nitrogen and oxygen atoms in total. The van der Waals surface area contributed by atoms with Crippen molar-refractivity contribution in [2.24, 2.45) is 0 Å². The molecule has 0 atom stereocenters. The van der Waals surface area contributed by atoms with Crippen molar-refractivity contribution in [2.75, 3.05) is 0 Å². The zero-order chi connectivity index (χ0) is 4.41. The quantitative estimate of drug-likeness (QED) is 0.460. The van der Waals surface area contributed by atoms with Crippen LogP contribution in [0, 0.1) is 0 Å². The van der Waals surface area contributed by atoms with Gasteiger partial charge in [-0.25, -0.2) is 0 Å². The average Bonchev–Trinajstić information content (AvgIpc) is 1.86. The molecule has 4 heteroatoms. The van der Waals surface area contributed by atoms with Gasteiger partial charge in [0.05, 0.1) is 0 Å². The molecular formula is C2H2ClO2P. The van der Waals surface area contributed by atoms with E-state index in [0.717, 1.165) is 0 Å². The zero-order valence-corrected chi connectivity index (χ0v) is 4.45. The summed E-state index contributed by atoms with van der Waals surface area (Å²) in [5.74, 6) is 0. The maximum absolute atomic E-state index is 5.27. The molecule has 0 spiro atoms. The lowest BCUT2D eigenvalue weighted by Crippen LogP contribution is -1.52. The Hall–Kier alpha value is 0.0600.